The molecular weight excluding hydrogens is 248 g/mol. The van der Waals surface area contributed by atoms with E-state index in [2.05, 4.69) is 58.6 Å². The van der Waals surface area contributed by atoms with Crippen molar-refractivity contribution in [3.05, 3.63) is 53.9 Å². The van der Waals surface area contributed by atoms with Gasteiger partial charge in [0.2, 0.25) is 0 Å². The smallest absolute Gasteiger partial charge is 0.0764 e. The summed E-state index contributed by atoms with van der Waals surface area (Å²) in [5.74, 6) is 0. The van der Waals surface area contributed by atoms with Crippen molar-refractivity contribution in [3.63, 3.8) is 0 Å². The molecule has 0 spiro atoms. The maximum absolute atomic E-state index is 4.49. The van der Waals surface area contributed by atoms with Gasteiger partial charge in [-0.15, -0.1) is 0 Å². The first kappa shape index (κ1) is 13.3. The zero-order valence-corrected chi connectivity index (χ0v) is 12.2. The van der Waals surface area contributed by atoms with E-state index in [4.69, 9.17) is 0 Å². The van der Waals surface area contributed by atoms with Gasteiger partial charge < -0.3 is 5.32 Å². The van der Waals surface area contributed by atoms with Crippen molar-refractivity contribution in [2.45, 2.75) is 25.6 Å². The molecule has 2 aromatic rings. The Hall–Kier alpha value is -1.65. The van der Waals surface area contributed by atoms with Crippen LogP contribution in [0.5, 0.6) is 0 Å². The summed E-state index contributed by atoms with van der Waals surface area (Å²) in [6.07, 6.45) is 2.01. The Kier molecular flexibility index (Phi) is 3.85. The zero-order valence-electron chi connectivity index (χ0n) is 12.2. The highest BCUT2D eigenvalue weighted by atomic mass is 15.3. The minimum atomic E-state index is 0.413. The standard InChI is InChI=1S/C16H22N4/c1-13-10-17-16(14-6-4-3-5-7-14)12-20(13)11-15-8-9-19(2)18-15/h3-9,13,16-17H,10-12H2,1-2H3. The quantitative estimate of drug-likeness (QED) is 0.925. The molecule has 1 aliphatic heterocycles. The maximum atomic E-state index is 4.49. The van der Waals surface area contributed by atoms with Crippen LogP contribution < -0.4 is 5.32 Å². The molecule has 0 aliphatic carbocycles. The highest BCUT2D eigenvalue weighted by Gasteiger charge is 2.26. The van der Waals surface area contributed by atoms with Crippen LogP contribution in [0.2, 0.25) is 0 Å². The summed E-state index contributed by atoms with van der Waals surface area (Å²) in [4.78, 5) is 2.51. The maximum Gasteiger partial charge on any atom is 0.0764 e. The van der Waals surface area contributed by atoms with Gasteiger partial charge in [0.15, 0.2) is 0 Å². The molecule has 1 aromatic carbocycles. The lowest BCUT2D eigenvalue weighted by molar-refractivity contribution is 0.131. The number of hydrogen-bond acceptors (Lipinski definition) is 3. The normalized spacial score (nSPS) is 23.9. The topological polar surface area (TPSA) is 33.1 Å². The Labute approximate surface area is 120 Å². The van der Waals surface area contributed by atoms with E-state index in [1.807, 2.05) is 17.9 Å². The number of nitrogens with one attached hydrogen (secondary N) is 1. The van der Waals surface area contributed by atoms with Gasteiger partial charge >= 0.3 is 0 Å². The molecule has 0 bridgehead atoms. The van der Waals surface area contributed by atoms with Gasteiger partial charge in [0.1, 0.15) is 0 Å². The first-order chi connectivity index (χ1) is 9.72. The van der Waals surface area contributed by atoms with Crippen LogP contribution in [0.1, 0.15) is 24.2 Å². The van der Waals surface area contributed by atoms with E-state index in [0.29, 0.717) is 12.1 Å². The van der Waals surface area contributed by atoms with Crippen molar-refractivity contribution in [2.75, 3.05) is 13.1 Å². The van der Waals surface area contributed by atoms with E-state index >= 15 is 0 Å². The Morgan fingerprint density at radius 3 is 2.75 bits per heavy atom. The van der Waals surface area contributed by atoms with E-state index in [-0.39, 0.29) is 0 Å². The molecular formula is C16H22N4. The van der Waals surface area contributed by atoms with Crippen molar-refractivity contribution in [1.82, 2.24) is 20.0 Å². The Bertz CT molecular complexity index is 549. The van der Waals surface area contributed by atoms with E-state index in [1.54, 1.807) is 0 Å². The number of piperazine rings is 1. The third kappa shape index (κ3) is 2.92. The fourth-order valence-electron chi connectivity index (χ4n) is 2.81. The molecule has 1 aliphatic rings. The molecule has 4 heteroatoms. The summed E-state index contributed by atoms with van der Waals surface area (Å²) in [5, 5.41) is 8.13. The second-order valence-corrected chi connectivity index (χ2v) is 5.63. The van der Waals surface area contributed by atoms with E-state index in [9.17, 15) is 0 Å². The first-order valence-corrected chi connectivity index (χ1v) is 7.23. The largest absolute Gasteiger partial charge is 0.307 e. The van der Waals surface area contributed by atoms with Gasteiger partial charge in [-0.3, -0.25) is 9.58 Å². The van der Waals surface area contributed by atoms with Gasteiger partial charge in [0.05, 0.1) is 5.69 Å². The number of aromatic nitrogens is 2. The van der Waals surface area contributed by atoms with Crippen molar-refractivity contribution in [3.8, 4) is 0 Å². The second kappa shape index (κ2) is 5.77. The second-order valence-electron chi connectivity index (χ2n) is 5.63. The van der Waals surface area contributed by atoms with E-state index in [0.717, 1.165) is 25.3 Å². The van der Waals surface area contributed by atoms with E-state index in [1.165, 1.54) is 5.56 Å². The highest BCUT2D eigenvalue weighted by Crippen LogP contribution is 2.21. The molecule has 3 rings (SSSR count). The molecule has 0 radical (unpaired) electrons. The average molecular weight is 270 g/mol. The Balaban J connectivity index is 1.70. The summed E-state index contributed by atoms with van der Waals surface area (Å²) in [6.45, 7) is 5.25. The fourth-order valence-corrected chi connectivity index (χ4v) is 2.81. The molecule has 0 amide bonds. The molecule has 2 unspecified atom stereocenters. The number of hydrogen-bond donors (Lipinski definition) is 1. The minimum Gasteiger partial charge on any atom is -0.307 e. The van der Waals surface area contributed by atoms with Crippen LogP contribution in [0.4, 0.5) is 0 Å². The van der Waals surface area contributed by atoms with Crippen molar-refractivity contribution >= 4 is 0 Å². The van der Waals surface area contributed by atoms with Gasteiger partial charge in [-0.05, 0) is 18.6 Å². The van der Waals surface area contributed by atoms with Crippen LogP contribution in [0.3, 0.4) is 0 Å². The number of nitrogens with zero attached hydrogens (tertiary/aromatic N) is 3. The van der Waals surface area contributed by atoms with Gasteiger partial charge in [-0.1, -0.05) is 30.3 Å². The van der Waals surface area contributed by atoms with Gasteiger partial charge in [0, 0.05) is 45.0 Å². The Morgan fingerprint density at radius 1 is 1.25 bits per heavy atom. The van der Waals surface area contributed by atoms with Crippen LogP contribution in [0.15, 0.2) is 42.6 Å². The lowest BCUT2D eigenvalue weighted by Crippen LogP contribution is -2.50. The lowest BCUT2D eigenvalue weighted by atomic mass is 10.0. The molecule has 106 valence electrons. The molecule has 1 saturated heterocycles. The SMILES string of the molecule is CC1CNC(c2ccccc2)CN1Cc1ccn(C)n1. The summed E-state index contributed by atoms with van der Waals surface area (Å²) >= 11 is 0. The van der Waals surface area contributed by atoms with E-state index < -0.39 is 0 Å². The molecule has 0 saturated carbocycles. The van der Waals surface area contributed by atoms with Crippen molar-refractivity contribution in [1.29, 1.82) is 0 Å². The number of benzene rings is 1. The van der Waals surface area contributed by atoms with Gasteiger partial charge in [0.25, 0.3) is 0 Å². The predicted octanol–water partition coefficient (Wildman–Crippen LogP) is 1.96. The molecule has 1 fully saturated rings. The first-order valence-electron chi connectivity index (χ1n) is 7.23. The van der Waals surface area contributed by atoms with Crippen LogP contribution >= 0.6 is 0 Å². The monoisotopic (exact) mass is 270 g/mol. The molecule has 2 atom stereocenters. The third-order valence-electron chi connectivity index (χ3n) is 4.04. The summed E-state index contributed by atoms with van der Waals surface area (Å²) < 4.78 is 1.87. The van der Waals surface area contributed by atoms with Gasteiger partial charge in [-0.25, -0.2) is 0 Å². The molecule has 1 aromatic heterocycles. The van der Waals surface area contributed by atoms with Crippen molar-refractivity contribution < 1.29 is 0 Å². The third-order valence-corrected chi connectivity index (χ3v) is 4.04. The summed E-state index contributed by atoms with van der Waals surface area (Å²) in [7, 11) is 1.97. The Morgan fingerprint density at radius 2 is 2.05 bits per heavy atom. The fraction of sp³-hybridized carbons (Fsp3) is 0.438. The van der Waals surface area contributed by atoms with Gasteiger partial charge in [-0.2, -0.15) is 5.10 Å². The molecule has 2 heterocycles. The van der Waals surface area contributed by atoms with Crippen LogP contribution in [-0.4, -0.2) is 33.8 Å². The number of aryl methyl sites for hydroxylation is 1. The minimum absolute atomic E-state index is 0.413. The lowest BCUT2D eigenvalue weighted by Gasteiger charge is -2.38. The summed E-state index contributed by atoms with van der Waals surface area (Å²) in [5.41, 5.74) is 2.51. The molecule has 1 N–H and O–H groups in total. The molecule has 4 nitrogen and oxygen atoms in total. The number of rotatable bonds is 3. The van der Waals surface area contributed by atoms with Crippen molar-refractivity contribution in [2.24, 2.45) is 7.05 Å². The predicted molar refractivity (Wildman–Crippen MR) is 80.3 cm³/mol. The van der Waals surface area contributed by atoms with Crippen LogP contribution in [-0.2, 0) is 13.6 Å². The highest BCUT2D eigenvalue weighted by molar-refractivity contribution is 5.20. The average Bonchev–Trinajstić information content (AvgIpc) is 2.88. The molecule has 20 heavy (non-hydrogen) atoms. The zero-order chi connectivity index (χ0) is 13.9. The summed E-state index contributed by atoms with van der Waals surface area (Å²) in [6, 6.07) is 13.7. The van der Waals surface area contributed by atoms with Crippen LogP contribution in [0.25, 0.3) is 0 Å². The van der Waals surface area contributed by atoms with Crippen LogP contribution in [0, 0.1) is 0 Å².